The van der Waals surface area contributed by atoms with Crippen LogP contribution in [-0.4, -0.2) is 20.2 Å². The van der Waals surface area contributed by atoms with Crippen molar-refractivity contribution in [3.63, 3.8) is 0 Å². The van der Waals surface area contributed by atoms with Gasteiger partial charge in [0.2, 0.25) is 5.88 Å². The fourth-order valence-electron chi connectivity index (χ4n) is 3.55. The molecule has 3 aromatic carbocycles. The number of methoxy groups -OCH3 is 2. The second-order valence-electron chi connectivity index (χ2n) is 7.02. The minimum atomic E-state index is -0.535. The van der Waals surface area contributed by atoms with Crippen molar-refractivity contribution in [3.8, 4) is 29.1 Å². The topological polar surface area (TPSA) is 104 Å². The molecule has 0 saturated heterocycles. The maximum atomic E-state index is 12.6. The first-order valence-electron chi connectivity index (χ1n) is 9.75. The van der Waals surface area contributed by atoms with Crippen molar-refractivity contribution < 1.29 is 23.7 Å². The van der Waals surface area contributed by atoms with Gasteiger partial charge in [-0.15, -0.1) is 0 Å². The van der Waals surface area contributed by atoms with Gasteiger partial charge in [-0.3, -0.25) is 0 Å². The maximum Gasteiger partial charge on any atom is 0.343 e. The second-order valence-corrected chi connectivity index (χ2v) is 7.02. The van der Waals surface area contributed by atoms with Gasteiger partial charge >= 0.3 is 5.97 Å². The normalized spacial score (nSPS) is 14.6. The van der Waals surface area contributed by atoms with Crippen LogP contribution >= 0.6 is 0 Å². The molecule has 3 aromatic rings. The number of hydrogen-bond acceptors (Lipinski definition) is 7. The number of nitriles is 1. The summed E-state index contributed by atoms with van der Waals surface area (Å²) in [6.45, 7) is 0. The number of hydrogen-bond donors (Lipinski definition) is 1. The van der Waals surface area contributed by atoms with Gasteiger partial charge in [0.1, 0.15) is 34.6 Å². The third-order valence-electron chi connectivity index (χ3n) is 5.16. The lowest BCUT2D eigenvalue weighted by atomic mass is 9.83. The van der Waals surface area contributed by atoms with Crippen LogP contribution in [0.4, 0.5) is 0 Å². The summed E-state index contributed by atoms with van der Waals surface area (Å²) in [5.74, 6) is 1.02. The summed E-state index contributed by atoms with van der Waals surface area (Å²) in [6, 6.07) is 21.2. The molecule has 4 rings (SSSR count). The van der Waals surface area contributed by atoms with Gasteiger partial charge in [-0.05, 0) is 42.0 Å². The predicted molar refractivity (Wildman–Crippen MR) is 117 cm³/mol. The molecule has 1 atom stereocenters. The SMILES string of the molecule is COc1ccc([C@@H]2C(C#N)=C(N)Oc3cc(OC(=O)c4cccc(OC)c4)ccc32)cc1. The Kier molecular flexibility index (Phi) is 5.69. The Bertz CT molecular complexity index is 1240. The minimum absolute atomic E-state index is 0.0112. The number of benzene rings is 3. The highest BCUT2D eigenvalue weighted by Gasteiger charge is 2.31. The van der Waals surface area contributed by atoms with E-state index in [1.807, 2.05) is 24.3 Å². The minimum Gasteiger partial charge on any atom is -0.497 e. The van der Waals surface area contributed by atoms with Gasteiger partial charge in [0.05, 0.1) is 25.7 Å². The molecule has 0 bridgehead atoms. The van der Waals surface area contributed by atoms with Gasteiger partial charge in [0.15, 0.2) is 0 Å². The lowest BCUT2D eigenvalue weighted by Crippen LogP contribution is -2.21. The summed E-state index contributed by atoms with van der Waals surface area (Å²) in [5.41, 5.74) is 8.31. The number of esters is 1. The van der Waals surface area contributed by atoms with Gasteiger partial charge in [0.25, 0.3) is 0 Å². The molecule has 2 N–H and O–H groups in total. The molecule has 160 valence electrons. The highest BCUT2D eigenvalue weighted by Crippen LogP contribution is 2.43. The van der Waals surface area contributed by atoms with E-state index in [0.717, 1.165) is 11.1 Å². The number of carbonyl (C=O) groups excluding carboxylic acids is 1. The van der Waals surface area contributed by atoms with Gasteiger partial charge in [0, 0.05) is 11.6 Å². The van der Waals surface area contributed by atoms with E-state index in [-0.39, 0.29) is 5.88 Å². The van der Waals surface area contributed by atoms with Crippen molar-refractivity contribution in [3.05, 3.63) is 94.9 Å². The molecule has 0 aromatic heterocycles. The molecule has 32 heavy (non-hydrogen) atoms. The smallest absolute Gasteiger partial charge is 0.343 e. The lowest BCUT2D eigenvalue weighted by Gasteiger charge is -2.26. The monoisotopic (exact) mass is 428 g/mol. The number of rotatable bonds is 5. The summed E-state index contributed by atoms with van der Waals surface area (Å²) >= 11 is 0. The van der Waals surface area contributed by atoms with Crippen molar-refractivity contribution in [1.29, 1.82) is 5.26 Å². The van der Waals surface area contributed by atoms with E-state index < -0.39 is 11.9 Å². The van der Waals surface area contributed by atoms with Crippen LogP contribution in [0.1, 0.15) is 27.4 Å². The molecule has 7 heteroatoms. The molecule has 1 aliphatic rings. The Hall–Kier alpha value is -4.44. The first-order valence-corrected chi connectivity index (χ1v) is 9.75. The summed E-state index contributed by atoms with van der Waals surface area (Å²) in [4.78, 5) is 12.6. The molecule has 7 nitrogen and oxygen atoms in total. The number of nitrogens with zero attached hydrogens (tertiary/aromatic N) is 1. The van der Waals surface area contributed by atoms with Gasteiger partial charge in [-0.1, -0.05) is 24.3 Å². The van der Waals surface area contributed by atoms with E-state index in [9.17, 15) is 10.1 Å². The molecular formula is C25H20N2O5. The van der Waals surface area contributed by atoms with E-state index in [0.29, 0.717) is 34.1 Å². The first kappa shape index (κ1) is 20.8. The zero-order chi connectivity index (χ0) is 22.7. The van der Waals surface area contributed by atoms with Crippen molar-refractivity contribution in [1.82, 2.24) is 0 Å². The van der Waals surface area contributed by atoms with Crippen LogP contribution in [0, 0.1) is 11.3 Å². The molecular weight excluding hydrogens is 408 g/mol. The summed E-state index contributed by atoms with van der Waals surface area (Å²) in [7, 11) is 3.11. The van der Waals surface area contributed by atoms with E-state index in [4.69, 9.17) is 24.7 Å². The Balaban J connectivity index is 1.66. The predicted octanol–water partition coefficient (Wildman–Crippen LogP) is 4.14. The van der Waals surface area contributed by atoms with Crippen LogP contribution in [0.15, 0.2) is 78.2 Å². The largest absolute Gasteiger partial charge is 0.497 e. The maximum absolute atomic E-state index is 12.6. The van der Waals surface area contributed by atoms with Crippen LogP contribution in [0.2, 0.25) is 0 Å². The van der Waals surface area contributed by atoms with Crippen LogP contribution in [0.25, 0.3) is 0 Å². The van der Waals surface area contributed by atoms with Gasteiger partial charge in [-0.2, -0.15) is 5.26 Å². The van der Waals surface area contributed by atoms with Crippen molar-refractivity contribution >= 4 is 5.97 Å². The molecule has 1 aliphatic heterocycles. The van der Waals surface area contributed by atoms with E-state index >= 15 is 0 Å². The molecule has 0 unspecified atom stereocenters. The van der Waals surface area contributed by atoms with Crippen LogP contribution < -0.4 is 24.7 Å². The van der Waals surface area contributed by atoms with Crippen molar-refractivity contribution in [2.45, 2.75) is 5.92 Å². The number of nitrogens with two attached hydrogens (primary N) is 1. The second kappa shape index (κ2) is 8.74. The summed E-state index contributed by atoms with van der Waals surface area (Å²) < 4.78 is 21.6. The van der Waals surface area contributed by atoms with Crippen molar-refractivity contribution in [2.75, 3.05) is 14.2 Å². The molecule has 1 heterocycles. The number of allylic oxidation sites excluding steroid dienone is 1. The van der Waals surface area contributed by atoms with Crippen LogP contribution in [0.3, 0.4) is 0 Å². The average molecular weight is 428 g/mol. The summed E-state index contributed by atoms with van der Waals surface area (Å²) in [6.07, 6.45) is 0. The van der Waals surface area contributed by atoms with E-state index in [2.05, 4.69) is 6.07 Å². The highest BCUT2D eigenvalue weighted by molar-refractivity contribution is 5.91. The number of carbonyl (C=O) groups is 1. The number of ether oxygens (including phenoxy) is 4. The lowest BCUT2D eigenvalue weighted by molar-refractivity contribution is 0.0734. The first-order chi connectivity index (χ1) is 15.5. The van der Waals surface area contributed by atoms with Crippen LogP contribution in [0.5, 0.6) is 23.0 Å². The summed E-state index contributed by atoms with van der Waals surface area (Å²) in [5, 5.41) is 9.69. The van der Waals surface area contributed by atoms with Gasteiger partial charge < -0.3 is 24.7 Å². The zero-order valence-corrected chi connectivity index (χ0v) is 17.5. The molecule has 0 amide bonds. The number of fused-ring (bicyclic) bond motifs is 1. The molecule has 0 fully saturated rings. The Morgan fingerprint density at radius 2 is 1.69 bits per heavy atom. The molecule has 0 aliphatic carbocycles. The van der Waals surface area contributed by atoms with Crippen molar-refractivity contribution in [2.24, 2.45) is 5.73 Å². The fraction of sp³-hybridized carbons (Fsp3) is 0.120. The Morgan fingerprint density at radius 1 is 0.969 bits per heavy atom. The standard InChI is InChI=1S/C25H20N2O5/c1-29-17-8-6-15(7-9-17)23-20-11-10-19(13-22(20)32-24(27)21(23)14-26)31-25(28)16-4-3-5-18(12-16)30-2/h3-13,23H,27H2,1-2H3/t23-/m0/s1. The Morgan fingerprint density at radius 3 is 2.38 bits per heavy atom. The zero-order valence-electron chi connectivity index (χ0n) is 17.5. The third-order valence-corrected chi connectivity index (χ3v) is 5.16. The van der Waals surface area contributed by atoms with E-state index in [1.54, 1.807) is 49.6 Å². The average Bonchev–Trinajstić information content (AvgIpc) is 2.83. The van der Waals surface area contributed by atoms with Crippen LogP contribution in [-0.2, 0) is 0 Å². The molecule has 0 radical (unpaired) electrons. The van der Waals surface area contributed by atoms with E-state index in [1.165, 1.54) is 7.11 Å². The quantitative estimate of drug-likeness (QED) is 0.481. The van der Waals surface area contributed by atoms with Gasteiger partial charge in [-0.25, -0.2) is 4.79 Å². The fourth-order valence-corrected chi connectivity index (χ4v) is 3.55. The third kappa shape index (κ3) is 3.94. The Labute approximate surface area is 185 Å². The molecule has 0 spiro atoms. The molecule has 0 saturated carbocycles. The highest BCUT2D eigenvalue weighted by atomic mass is 16.5.